The maximum absolute atomic E-state index is 13.4. The highest BCUT2D eigenvalue weighted by Gasteiger charge is 2.17. The van der Waals surface area contributed by atoms with Crippen LogP contribution >= 0.6 is 11.3 Å². The molecule has 172 valence electrons. The number of nitrogens with zero attached hydrogens (tertiary/aromatic N) is 2. The molecule has 0 aliphatic carbocycles. The molecule has 0 aliphatic heterocycles. The summed E-state index contributed by atoms with van der Waals surface area (Å²) in [6, 6.07) is 26.3. The van der Waals surface area contributed by atoms with E-state index in [1.54, 1.807) is 30.4 Å². The number of hydrogen-bond acceptors (Lipinski definition) is 4. The van der Waals surface area contributed by atoms with Crippen LogP contribution in [-0.4, -0.2) is 10.5 Å². The van der Waals surface area contributed by atoms with E-state index >= 15 is 0 Å². The topological polar surface area (TPSA) is 74.9 Å². The third-order valence-electron chi connectivity index (χ3n) is 5.49. The minimum atomic E-state index is -0.562. The van der Waals surface area contributed by atoms with E-state index in [1.807, 2.05) is 86.7 Å². The molecule has 5 nitrogen and oxygen atoms in total. The fourth-order valence-electron chi connectivity index (χ4n) is 3.49. The number of rotatable bonds is 5. The molecule has 1 N–H and O–H groups in total. The van der Waals surface area contributed by atoms with E-state index in [1.165, 1.54) is 4.57 Å². The number of hydrogen-bond donors (Lipinski definition) is 1. The maximum Gasteiger partial charge on any atom is 0.273 e. The summed E-state index contributed by atoms with van der Waals surface area (Å²) >= 11 is 1.12. The Morgan fingerprint density at radius 1 is 0.971 bits per heavy atom. The number of aromatic nitrogens is 1. The van der Waals surface area contributed by atoms with Crippen LogP contribution in [0.25, 0.3) is 23.4 Å². The normalized spacial score (nSPS) is 12.4. The average molecular weight is 478 g/mol. The number of thiazole rings is 1. The molecular formula is C29H23N3O2S. The third-order valence-corrected chi connectivity index (χ3v) is 6.60. The van der Waals surface area contributed by atoms with Gasteiger partial charge >= 0.3 is 0 Å². The van der Waals surface area contributed by atoms with Gasteiger partial charge in [-0.25, -0.2) is 0 Å². The summed E-state index contributed by atoms with van der Waals surface area (Å²) in [4.78, 5) is 26.5. The first-order valence-electron chi connectivity index (χ1n) is 11.0. The van der Waals surface area contributed by atoms with Gasteiger partial charge in [0.05, 0.1) is 10.2 Å². The molecule has 0 bridgehead atoms. The second-order valence-corrected chi connectivity index (χ2v) is 8.95. The lowest BCUT2D eigenvalue weighted by Gasteiger charge is -2.07. The summed E-state index contributed by atoms with van der Waals surface area (Å²) in [6.07, 6.45) is 5.40. The largest absolute Gasteiger partial charge is 0.321 e. The quantitative estimate of drug-likeness (QED) is 0.465. The molecule has 0 atom stereocenters. The molecule has 35 heavy (non-hydrogen) atoms. The maximum atomic E-state index is 13.4. The molecule has 1 aromatic heterocycles. The van der Waals surface area contributed by atoms with E-state index in [0.29, 0.717) is 15.9 Å². The van der Waals surface area contributed by atoms with Gasteiger partial charge in [-0.2, -0.15) is 5.26 Å². The van der Waals surface area contributed by atoms with Gasteiger partial charge in [-0.15, -0.1) is 11.3 Å². The van der Waals surface area contributed by atoms with Gasteiger partial charge in [0.25, 0.3) is 11.5 Å². The summed E-state index contributed by atoms with van der Waals surface area (Å²) in [6.45, 7) is 3.94. The van der Waals surface area contributed by atoms with Crippen molar-refractivity contribution >= 4 is 40.7 Å². The van der Waals surface area contributed by atoms with E-state index in [2.05, 4.69) is 5.32 Å². The lowest BCUT2D eigenvalue weighted by Crippen LogP contribution is -2.32. The SMILES string of the molecule is Cc1ccc(NC(=O)/C(C#N)=c2/s/c(=C/C=C/c3ccccc3)c(=O)n2-c2ccccc2)cc1C. The van der Waals surface area contributed by atoms with Crippen LogP contribution in [0.1, 0.15) is 16.7 Å². The van der Waals surface area contributed by atoms with E-state index < -0.39 is 5.91 Å². The van der Waals surface area contributed by atoms with Crippen LogP contribution in [0.5, 0.6) is 0 Å². The molecule has 1 amide bonds. The van der Waals surface area contributed by atoms with Crippen molar-refractivity contribution < 1.29 is 4.79 Å². The average Bonchev–Trinajstić information content (AvgIpc) is 3.18. The molecule has 4 rings (SSSR count). The molecule has 3 aromatic carbocycles. The molecule has 4 aromatic rings. The number of carbonyl (C=O) groups is 1. The zero-order chi connectivity index (χ0) is 24.8. The van der Waals surface area contributed by atoms with Crippen LogP contribution in [0.4, 0.5) is 5.69 Å². The monoisotopic (exact) mass is 477 g/mol. The van der Waals surface area contributed by atoms with Crippen molar-refractivity contribution in [3.05, 3.63) is 121 Å². The van der Waals surface area contributed by atoms with Gasteiger partial charge < -0.3 is 5.32 Å². The lowest BCUT2D eigenvalue weighted by molar-refractivity contribution is -0.111. The van der Waals surface area contributed by atoms with Crippen molar-refractivity contribution in [2.24, 2.45) is 0 Å². The summed E-state index contributed by atoms with van der Waals surface area (Å²) in [7, 11) is 0. The van der Waals surface area contributed by atoms with Crippen LogP contribution in [0.3, 0.4) is 0 Å². The Morgan fingerprint density at radius 2 is 1.66 bits per heavy atom. The first kappa shape index (κ1) is 23.7. The molecule has 0 saturated carbocycles. The molecule has 0 aliphatic rings. The van der Waals surface area contributed by atoms with Gasteiger partial charge in [0.1, 0.15) is 10.7 Å². The van der Waals surface area contributed by atoms with Crippen LogP contribution in [0.15, 0.2) is 89.7 Å². The number of nitrogens with one attached hydrogen (secondary N) is 1. The smallest absolute Gasteiger partial charge is 0.273 e. The minimum absolute atomic E-state index is 0.124. The van der Waals surface area contributed by atoms with E-state index in [0.717, 1.165) is 28.0 Å². The molecule has 0 fully saturated rings. The van der Waals surface area contributed by atoms with Gasteiger partial charge in [-0.3, -0.25) is 14.2 Å². The number of anilines is 1. The Morgan fingerprint density at radius 3 is 2.31 bits per heavy atom. The Hall–Kier alpha value is -4.47. The van der Waals surface area contributed by atoms with Crippen molar-refractivity contribution in [3.63, 3.8) is 0 Å². The Balaban J connectivity index is 1.86. The Kier molecular flexibility index (Phi) is 7.20. The standard InChI is InChI=1S/C29H23N3O2S/c1-20-16-17-23(18-21(20)2)31-27(33)25(19-30)29-32(24-13-7-4-8-14-24)28(34)26(35-29)15-9-12-22-10-5-3-6-11-22/h3-18H,1-2H3,(H,31,33)/b12-9+,26-15+,29-25+. The zero-order valence-corrected chi connectivity index (χ0v) is 20.2. The van der Waals surface area contributed by atoms with E-state index in [4.69, 9.17) is 0 Å². The number of nitriles is 1. The van der Waals surface area contributed by atoms with Crippen molar-refractivity contribution in [1.82, 2.24) is 4.57 Å². The summed E-state index contributed by atoms with van der Waals surface area (Å²) in [5, 5.41) is 12.7. The summed E-state index contributed by atoms with van der Waals surface area (Å²) in [5.74, 6) is -0.562. The predicted octanol–water partition coefficient (Wildman–Crippen LogP) is 4.32. The van der Waals surface area contributed by atoms with Gasteiger partial charge in [0.15, 0.2) is 5.57 Å². The predicted molar refractivity (Wildman–Crippen MR) is 143 cm³/mol. The van der Waals surface area contributed by atoms with Crippen LogP contribution in [0, 0.1) is 25.2 Å². The van der Waals surface area contributed by atoms with Crippen molar-refractivity contribution in [2.45, 2.75) is 13.8 Å². The first-order valence-corrected chi connectivity index (χ1v) is 11.8. The summed E-state index contributed by atoms with van der Waals surface area (Å²) in [5.41, 5.74) is 3.89. The Bertz CT molecular complexity index is 1620. The lowest BCUT2D eigenvalue weighted by atomic mass is 10.1. The van der Waals surface area contributed by atoms with Crippen molar-refractivity contribution in [3.8, 4) is 11.8 Å². The fraction of sp³-hybridized carbons (Fsp3) is 0.0690. The van der Waals surface area contributed by atoms with E-state index in [-0.39, 0.29) is 15.8 Å². The molecular weight excluding hydrogens is 454 g/mol. The number of amides is 1. The number of allylic oxidation sites excluding steroid dienone is 1. The van der Waals surface area contributed by atoms with Crippen LogP contribution < -0.4 is 20.1 Å². The highest BCUT2D eigenvalue weighted by Crippen LogP contribution is 2.15. The number of aryl methyl sites for hydroxylation is 2. The first-order chi connectivity index (χ1) is 17.0. The molecule has 1 heterocycles. The number of para-hydroxylation sites is 1. The molecule has 0 unspecified atom stereocenters. The number of benzene rings is 3. The molecule has 0 saturated heterocycles. The third kappa shape index (κ3) is 5.37. The molecule has 0 radical (unpaired) electrons. The molecule has 6 heteroatoms. The minimum Gasteiger partial charge on any atom is -0.321 e. The van der Waals surface area contributed by atoms with Crippen molar-refractivity contribution in [2.75, 3.05) is 5.32 Å². The highest BCUT2D eigenvalue weighted by molar-refractivity contribution is 7.07. The van der Waals surface area contributed by atoms with Crippen LogP contribution in [0.2, 0.25) is 0 Å². The van der Waals surface area contributed by atoms with Gasteiger partial charge in [0, 0.05) is 5.69 Å². The van der Waals surface area contributed by atoms with Crippen molar-refractivity contribution in [1.29, 1.82) is 5.26 Å². The summed E-state index contributed by atoms with van der Waals surface area (Å²) < 4.78 is 2.12. The second-order valence-electron chi connectivity index (χ2n) is 7.92. The zero-order valence-electron chi connectivity index (χ0n) is 19.4. The highest BCUT2D eigenvalue weighted by atomic mass is 32.1. The van der Waals surface area contributed by atoms with Gasteiger partial charge in [-0.1, -0.05) is 66.7 Å². The van der Waals surface area contributed by atoms with Crippen LogP contribution in [-0.2, 0) is 4.79 Å². The van der Waals surface area contributed by atoms with Gasteiger partial charge in [-0.05, 0) is 60.9 Å². The second kappa shape index (κ2) is 10.6. The molecule has 0 spiro atoms. The fourth-order valence-corrected chi connectivity index (χ4v) is 4.55. The van der Waals surface area contributed by atoms with Gasteiger partial charge in [0.2, 0.25) is 0 Å². The number of carbonyl (C=O) groups excluding carboxylic acids is 1. The van der Waals surface area contributed by atoms with E-state index in [9.17, 15) is 14.9 Å². The Labute approximate surface area is 207 Å².